The van der Waals surface area contributed by atoms with E-state index in [1.807, 2.05) is 0 Å². The number of amides is 3. The molecule has 6 nitrogen and oxygen atoms in total. The van der Waals surface area contributed by atoms with Crippen molar-refractivity contribution in [1.82, 2.24) is 10.2 Å². The Labute approximate surface area is 189 Å². The highest BCUT2D eigenvalue weighted by Crippen LogP contribution is 2.37. The van der Waals surface area contributed by atoms with Gasteiger partial charge in [-0.25, -0.2) is 13.6 Å². The van der Waals surface area contributed by atoms with Gasteiger partial charge in [-0.15, -0.1) is 0 Å². The molecule has 0 unspecified atom stereocenters. The third-order valence-corrected chi connectivity index (χ3v) is 6.16. The summed E-state index contributed by atoms with van der Waals surface area (Å²) in [7, 11) is 1.32. The molecule has 170 valence electrons. The third-order valence-electron chi connectivity index (χ3n) is 5.90. The molecule has 2 N–H and O–H groups in total. The molecule has 9 heteroatoms. The van der Waals surface area contributed by atoms with Crippen molar-refractivity contribution in [2.45, 2.75) is 31.2 Å². The van der Waals surface area contributed by atoms with Gasteiger partial charge in [0.05, 0.1) is 13.2 Å². The number of halogens is 3. The number of rotatable bonds is 6. The smallest absolute Gasteiger partial charge is 0.319 e. The first-order chi connectivity index (χ1) is 15.3. The van der Waals surface area contributed by atoms with Crippen LogP contribution in [0.2, 0.25) is 5.02 Å². The molecule has 0 aromatic heterocycles. The van der Waals surface area contributed by atoms with Crippen molar-refractivity contribution in [3.8, 4) is 5.75 Å². The van der Waals surface area contributed by atoms with Crippen LogP contribution in [0.15, 0.2) is 36.4 Å². The van der Waals surface area contributed by atoms with E-state index in [-0.39, 0.29) is 30.2 Å². The quantitative estimate of drug-likeness (QED) is 0.660. The highest BCUT2D eigenvalue weighted by molar-refractivity contribution is 6.30. The molecule has 3 amide bonds. The lowest BCUT2D eigenvalue weighted by Crippen LogP contribution is -2.55. The van der Waals surface area contributed by atoms with Gasteiger partial charge < -0.3 is 20.3 Å². The van der Waals surface area contributed by atoms with Crippen LogP contribution in [0.4, 0.5) is 19.3 Å². The summed E-state index contributed by atoms with van der Waals surface area (Å²) < 4.78 is 34.6. The van der Waals surface area contributed by atoms with Gasteiger partial charge in [0, 0.05) is 53.8 Å². The van der Waals surface area contributed by atoms with Crippen LogP contribution in [0.5, 0.6) is 5.75 Å². The molecule has 1 heterocycles. The van der Waals surface area contributed by atoms with E-state index in [0.29, 0.717) is 23.2 Å². The first kappa shape index (κ1) is 22.3. The van der Waals surface area contributed by atoms with Crippen LogP contribution in [-0.4, -0.2) is 43.1 Å². The van der Waals surface area contributed by atoms with E-state index in [2.05, 4.69) is 10.6 Å². The molecule has 4 rings (SSSR count). The lowest BCUT2D eigenvalue weighted by molar-refractivity contribution is -0.135. The van der Waals surface area contributed by atoms with Crippen molar-refractivity contribution in [3.05, 3.63) is 58.6 Å². The summed E-state index contributed by atoms with van der Waals surface area (Å²) in [6.07, 6.45) is 2.02. The number of anilines is 1. The van der Waals surface area contributed by atoms with E-state index < -0.39 is 29.6 Å². The van der Waals surface area contributed by atoms with Gasteiger partial charge in [0.25, 0.3) is 0 Å². The third kappa shape index (κ3) is 5.12. The largest absolute Gasteiger partial charge is 0.497 e. The van der Waals surface area contributed by atoms with E-state index in [4.69, 9.17) is 16.3 Å². The Morgan fingerprint density at radius 1 is 1.19 bits per heavy atom. The standard InChI is InChI=1S/C23H24ClF2N3O3/c1-32-16-8-18(25)22(19(26)9-16)17-10-21(30)29(11-13-2-3-13)12-20(17)28-23(31)27-15-6-4-14(24)5-7-15/h4-9,13,17,20H,2-3,10-12H2,1H3,(H2,27,28,31)/t17-,20-/m0/s1. The van der Waals surface area contributed by atoms with Crippen LogP contribution >= 0.6 is 11.6 Å². The molecule has 1 saturated heterocycles. The highest BCUT2D eigenvalue weighted by Gasteiger charge is 2.40. The van der Waals surface area contributed by atoms with E-state index in [1.54, 1.807) is 29.2 Å². The monoisotopic (exact) mass is 463 g/mol. The van der Waals surface area contributed by atoms with Crippen molar-refractivity contribution in [2.24, 2.45) is 5.92 Å². The molecule has 2 atom stereocenters. The average Bonchev–Trinajstić information content (AvgIpc) is 3.56. The number of hydrogen-bond acceptors (Lipinski definition) is 3. The van der Waals surface area contributed by atoms with Crippen molar-refractivity contribution in [1.29, 1.82) is 0 Å². The maximum Gasteiger partial charge on any atom is 0.319 e. The SMILES string of the molecule is COc1cc(F)c([C@H]2CC(=O)N(CC3CC3)C[C@@H]2NC(=O)Nc2ccc(Cl)cc2)c(F)c1. The number of methoxy groups -OCH3 is 1. The van der Waals surface area contributed by atoms with Gasteiger partial charge >= 0.3 is 6.03 Å². The summed E-state index contributed by atoms with van der Waals surface area (Å²) in [5.41, 5.74) is 0.300. The number of benzene rings is 2. The molecule has 32 heavy (non-hydrogen) atoms. The molecule has 2 fully saturated rings. The number of nitrogens with zero attached hydrogens (tertiary/aromatic N) is 1. The van der Waals surface area contributed by atoms with Gasteiger partial charge in [-0.05, 0) is 43.0 Å². The van der Waals surface area contributed by atoms with Gasteiger partial charge in [-0.3, -0.25) is 4.79 Å². The number of ether oxygens (including phenoxy) is 1. The van der Waals surface area contributed by atoms with E-state index in [9.17, 15) is 18.4 Å². The van der Waals surface area contributed by atoms with E-state index >= 15 is 0 Å². The molecule has 0 radical (unpaired) electrons. The number of carbonyl (C=O) groups excluding carboxylic acids is 2. The molecular weight excluding hydrogens is 440 g/mol. The van der Waals surface area contributed by atoms with Crippen molar-refractivity contribution in [3.63, 3.8) is 0 Å². The first-order valence-corrected chi connectivity index (χ1v) is 10.9. The van der Waals surface area contributed by atoms with Crippen LogP contribution in [-0.2, 0) is 4.79 Å². The van der Waals surface area contributed by atoms with Crippen LogP contribution in [0.1, 0.15) is 30.7 Å². The fraction of sp³-hybridized carbons (Fsp3) is 0.391. The number of piperidine rings is 1. The summed E-state index contributed by atoms with van der Waals surface area (Å²) in [6, 6.07) is 7.54. The Morgan fingerprint density at radius 2 is 1.84 bits per heavy atom. The Bertz CT molecular complexity index is 991. The molecule has 2 aliphatic rings. The second kappa shape index (κ2) is 9.32. The minimum Gasteiger partial charge on any atom is -0.497 e. The molecular formula is C23H24ClF2N3O3. The number of nitrogens with one attached hydrogen (secondary N) is 2. The summed E-state index contributed by atoms with van der Waals surface area (Å²) in [6.45, 7) is 0.773. The number of likely N-dealkylation sites (tertiary alicyclic amines) is 1. The fourth-order valence-electron chi connectivity index (χ4n) is 4.07. The summed E-state index contributed by atoms with van der Waals surface area (Å²) >= 11 is 5.87. The minimum atomic E-state index is -0.847. The number of carbonyl (C=O) groups is 2. The Hall–Kier alpha value is -2.87. The molecule has 2 aromatic carbocycles. The Balaban J connectivity index is 1.57. The second-order valence-corrected chi connectivity index (χ2v) is 8.71. The maximum absolute atomic E-state index is 14.8. The highest BCUT2D eigenvalue weighted by atomic mass is 35.5. The lowest BCUT2D eigenvalue weighted by atomic mass is 9.84. The van der Waals surface area contributed by atoms with Gasteiger partial charge in [-0.2, -0.15) is 0 Å². The summed E-state index contributed by atoms with van der Waals surface area (Å²) in [5.74, 6) is -2.13. The molecule has 0 spiro atoms. The molecule has 1 aliphatic carbocycles. The average molecular weight is 464 g/mol. The number of hydrogen-bond donors (Lipinski definition) is 2. The topological polar surface area (TPSA) is 70.7 Å². The lowest BCUT2D eigenvalue weighted by Gasteiger charge is -2.39. The van der Waals surface area contributed by atoms with Gasteiger partial charge in [0.1, 0.15) is 17.4 Å². The molecule has 1 saturated carbocycles. The first-order valence-electron chi connectivity index (χ1n) is 10.5. The zero-order valence-corrected chi connectivity index (χ0v) is 18.3. The van der Waals surface area contributed by atoms with Crippen molar-refractivity contribution < 1.29 is 23.1 Å². The normalized spacial score (nSPS) is 20.8. The maximum atomic E-state index is 14.8. The molecule has 1 aliphatic heterocycles. The van der Waals surface area contributed by atoms with Gasteiger partial charge in [-0.1, -0.05) is 11.6 Å². The van der Waals surface area contributed by atoms with Crippen LogP contribution < -0.4 is 15.4 Å². The molecule has 0 bridgehead atoms. The number of urea groups is 1. The Kier molecular flexibility index (Phi) is 6.50. The Morgan fingerprint density at radius 3 is 2.44 bits per heavy atom. The zero-order chi connectivity index (χ0) is 22.8. The summed E-state index contributed by atoms with van der Waals surface area (Å²) in [5, 5.41) is 6.04. The van der Waals surface area contributed by atoms with Crippen molar-refractivity contribution >= 4 is 29.2 Å². The predicted octanol–water partition coefficient (Wildman–Crippen LogP) is 4.54. The van der Waals surface area contributed by atoms with Crippen molar-refractivity contribution in [2.75, 3.05) is 25.5 Å². The van der Waals surface area contributed by atoms with Crippen LogP contribution in [0, 0.1) is 17.6 Å². The zero-order valence-electron chi connectivity index (χ0n) is 17.5. The summed E-state index contributed by atoms with van der Waals surface area (Å²) in [4.78, 5) is 27.1. The van der Waals surface area contributed by atoms with E-state index in [0.717, 1.165) is 25.0 Å². The minimum absolute atomic E-state index is 0.0474. The van der Waals surface area contributed by atoms with Gasteiger partial charge in [0.15, 0.2) is 0 Å². The van der Waals surface area contributed by atoms with Crippen LogP contribution in [0.3, 0.4) is 0 Å². The predicted molar refractivity (Wildman–Crippen MR) is 117 cm³/mol. The second-order valence-electron chi connectivity index (χ2n) is 8.27. The fourth-order valence-corrected chi connectivity index (χ4v) is 4.19. The van der Waals surface area contributed by atoms with E-state index in [1.165, 1.54) is 7.11 Å². The van der Waals surface area contributed by atoms with Gasteiger partial charge in [0.2, 0.25) is 5.91 Å². The van der Waals surface area contributed by atoms with Crippen LogP contribution in [0.25, 0.3) is 0 Å². The molecule has 2 aromatic rings.